The topological polar surface area (TPSA) is 83.5 Å². The summed E-state index contributed by atoms with van der Waals surface area (Å²) in [7, 11) is 5.50. The molecule has 0 amide bonds. The second kappa shape index (κ2) is 12.7. The van der Waals surface area contributed by atoms with Crippen LogP contribution in [-0.2, 0) is 26.2 Å². The molecule has 5 aromatic carbocycles. The first-order chi connectivity index (χ1) is 25.7. The van der Waals surface area contributed by atoms with Crippen molar-refractivity contribution in [1.82, 2.24) is 4.90 Å². The van der Waals surface area contributed by atoms with Crippen molar-refractivity contribution in [3.8, 4) is 23.0 Å². The van der Waals surface area contributed by atoms with E-state index in [4.69, 9.17) is 23.7 Å². The number of likely N-dealkylation sites (tertiary alicyclic amines) is 1. The average Bonchev–Trinajstić information content (AvgIpc) is 3.54. The van der Waals surface area contributed by atoms with Crippen molar-refractivity contribution < 1.29 is 33.3 Å². The molecule has 8 heteroatoms. The summed E-state index contributed by atoms with van der Waals surface area (Å²) >= 11 is 0. The van der Waals surface area contributed by atoms with Crippen LogP contribution < -0.4 is 18.9 Å². The average molecular weight is 710 g/mol. The fraction of sp³-hybridized carbons (Fsp3) is 0.333. The zero-order chi connectivity index (χ0) is 36.6. The fourth-order valence-electron chi connectivity index (χ4n) is 9.37. The van der Waals surface area contributed by atoms with E-state index in [2.05, 4.69) is 24.1 Å². The molecular weight excluding hydrogens is 666 g/mol. The van der Waals surface area contributed by atoms with Crippen LogP contribution >= 0.6 is 0 Å². The maximum absolute atomic E-state index is 13.9. The summed E-state index contributed by atoms with van der Waals surface area (Å²) < 4.78 is 30.3. The molecule has 7 atom stereocenters. The molecular formula is C45H43NO7. The van der Waals surface area contributed by atoms with Crippen LogP contribution in [0.25, 0.3) is 21.5 Å². The number of piperidine rings is 1. The SMILES string of the molecule is COc1ccc2cc(C(C)C(=O)Oc3ccc4c5c3O[C@H]3[C@@H](OC(=O)C(C)c6ccc7cc(OC)ccc7c6)C=CC6[C@@H](C4)N(C)CC[C@@]563)ccc2c1. The van der Waals surface area contributed by atoms with Crippen molar-refractivity contribution >= 4 is 33.5 Å². The largest absolute Gasteiger partial charge is 0.497 e. The van der Waals surface area contributed by atoms with Gasteiger partial charge < -0.3 is 28.6 Å². The highest BCUT2D eigenvalue weighted by atomic mass is 16.6. The van der Waals surface area contributed by atoms with Gasteiger partial charge >= 0.3 is 11.9 Å². The summed E-state index contributed by atoms with van der Waals surface area (Å²) in [6, 6.07) is 28.1. The Labute approximate surface area is 309 Å². The van der Waals surface area contributed by atoms with Gasteiger partial charge in [-0.05, 0) is 115 Å². The number of nitrogens with zero attached hydrogens (tertiary/aromatic N) is 1. The number of carbonyl (C=O) groups excluding carboxylic acids is 2. The Hall–Kier alpha value is -5.34. The summed E-state index contributed by atoms with van der Waals surface area (Å²) in [4.78, 5) is 30.2. The highest BCUT2D eigenvalue weighted by Crippen LogP contribution is 2.63. The second-order valence-corrected chi connectivity index (χ2v) is 15.1. The minimum absolute atomic E-state index is 0.172. The van der Waals surface area contributed by atoms with Gasteiger partial charge in [0.15, 0.2) is 17.6 Å². The number of likely N-dealkylation sites (N-methyl/N-ethyl adjacent to an activating group) is 1. The first kappa shape index (κ1) is 33.5. The van der Waals surface area contributed by atoms with Gasteiger partial charge in [-0.2, -0.15) is 0 Å². The molecule has 0 saturated carbocycles. The molecule has 5 aromatic rings. The second-order valence-electron chi connectivity index (χ2n) is 15.1. The van der Waals surface area contributed by atoms with Crippen molar-refractivity contribution in [1.29, 1.82) is 0 Å². The third-order valence-corrected chi connectivity index (χ3v) is 12.4. The molecule has 4 aliphatic rings. The van der Waals surface area contributed by atoms with Gasteiger partial charge in [0.25, 0.3) is 0 Å². The lowest BCUT2D eigenvalue weighted by Gasteiger charge is -2.56. The minimum atomic E-state index is -0.605. The Kier molecular flexibility index (Phi) is 8.00. The molecule has 0 radical (unpaired) electrons. The molecule has 1 saturated heterocycles. The van der Waals surface area contributed by atoms with Gasteiger partial charge in [0.2, 0.25) is 0 Å². The van der Waals surface area contributed by atoms with E-state index in [1.165, 1.54) is 5.56 Å². The first-order valence-corrected chi connectivity index (χ1v) is 18.5. The van der Waals surface area contributed by atoms with Crippen molar-refractivity contribution in [2.75, 3.05) is 27.8 Å². The number of fused-ring (bicyclic) bond motifs is 2. The lowest BCUT2D eigenvalue weighted by atomic mass is 9.53. The summed E-state index contributed by atoms with van der Waals surface area (Å²) in [6.07, 6.45) is 4.93. The van der Waals surface area contributed by atoms with Gasteiger partial charge in [0, 0.05) is 22.9 Å². The molecule has 8 nitrogen and oxygen atoms in total. The van der Waals surface area contributed by atoms with Crippen LogP contribution in [0.3, 0.4) is 0 Å². The van der Waals surface area contributed by atoms with Crippen LogP contribution in [0, 0.1) is 5.92 Å². The summed E-state index contributed by atoms with van der Waals surface area (Å²) in [5.41, 5.74) is 3.66. The van der Waals surface area contributed by atoms with Gasteiger partial charge in [0.05, 0.1) is 26.1 Å². The fourth-order valence-corrected chi connectivity index (χ4v) is 9.37. The highest BCUT2D eigenvalue weighted by Gasteiger charge is 2.65. The number of hydrogen-bond donors (Lipinski definition) is 0. The molecule has 2 aliphatic carbocycles. The number of hydrogen-bond acceptors (Lipinski definition) is 8. The van der Waals surface area contributed by atoms with Gasteiger partial charge in [-0.3, -0.25) is 9.59 Å². The van der Waals surface area contributed by atoms with Gasteiger partial charge in [-0.25, -0.2) is 0 Å². The normalized spacial score (nSPS) is 24.9. The van der Waals surface area contributed by atoms with E-state index in [9.17, 15) is 9.59 Å². The minimum Gasteiger partial charge on any atom is -0.497 e. The predicted octanol–water partition coefficient (Wildman–Crippen LogP) is 7.88. The molecule has 1 fully saturated rings. The van der Waals surface area contributed by atoms with Gasteiger partial charge in [0.1, 0.15) is 17.6 Å². The number of methoxy groups -OCH3 is 2. The molecule has 2 bridgehead atoms. The molecule has 270 valence electrons. The Morgan fingerprint density at radius 2 is 1.38 bits per heavy atom. The van der Waals surface area contributed by atoms with Gasteiger partial charge in [-0.15, -0.1) is 0 Å². The molecule has 1 spiro atoms. The maximum atomic E-state index is 13.9. The van der Waals surface area contributed by atoms with Crippen molar-refractivity contribution in [2.24, 2.45) is 5.92 Å². The van der Waals surface area contributed by atoms with Crippen LogP contribution in [0.1, 0.15) is 54.4 Å². The van der Waals surface area contributed by atoms with E-state index < -0.39 is 29.5 Å². The summed E-state index contributed by atoms with van der Waals surface area (Å²) in [6.45, 7) is 4.65. The van der Waals surface area contributed by atoms with E-state index in [0.29, 0.717) is 11.5 Å². The Balaban J connectivity index is 1.00. The van der Waals surface area contributed by atoms with Crippen LogP contribution in [0.2, 0.25) is 0 Å². The maximum Gasteiger partial charge on any atom is 0.318 e. The molecule has 3 unspecified atom stereocenters. The Morgan fingerprint density at radius 1 is 0.774 bits per heavy atom. The Bertz CT molecular complexity index is 2330. The van der Waals surface area contributed by atoms with Crippen LogP contribution in [-0.4, -0.2) is 62.9 Å². The zero-order valence-electron chi connectivity index (χ0n) is 30.6. The lowest BCUT2D eigenvalue weighted by molar-refractivity contribution is -0.156. The summed E-state index contributed by atoms with van der Waals surface area (Å²) in [5, 5.41) is 4.13. The third-order valence-electron chi connectivity index (χ3n) is 12.4. The number of carbonyl (C=O) groups is 2. The van der Waals surface area contributed by atoms with Gasteiger partial charge in [-0.1, -0.05) is 60.7 Å². The molecule has 53 heavy (non-hydrogen) atoms. The van der Waals surface area contributed by atoms with Crippen LogP contribution in [0.5, 0.6) is 23.0 Å². The van der Waals surface area contributed by atoms with Crippen molar-refractivity contribution in [3.05, 3.63) is 119 Å². The van der Waals surface area contributed by atoms with E-state index in [0.717, 1.165) is 69.1 Å². The van der Waals surface area contributed by atoms with E-state index in [-0.39, 0.29) is 23.9 Å². The number of rotatable bonds is 8. The van der Waals surface area contributed by atoms with Crippen molar-refractivity contribution in [3.63, 3.8) is 0 Å². The standard InChI is InChI=1S/C45H43NO7/c1-25(27-6-8-31-22-34(49-4)13-10-29(31)20-27)43(47)51-38-16-12-33-24-37-36-15-17-39(42-45(36,18-19-46(37)3)40(33)41(38)53-42)52-44(48)26(2)28-7-9-32-23-35(50-5)14-11-30(32)21-28/h6-17,20-23,25-26,36-37,39,42H,18-19,24H2,1-5H3/t25?,26?,36?,37-,39+,42+,45+/m1/s1. The van der Waals surface area contributed by atoms with Crippen molar-refractivity contribution in [2.45, 2.75) is 62.2 Å². The Morgan fingerprint density at radius 3 is 2.02 bits per heavy atom. The molecule has 0 N–H and O–H groups in total. The zero-order valence-corrected chi connectivity index (χ0v) is 30.6. The molecule has 2 aliphatic heterocycles. The number of esters is 2. The first-order valence-electron chi connectivity index (χ1n) is 18.5. The van der Waals surface area contributed by atoms with Crippen LogP contribution in [0.4, 0.5) is 0 Å². The van der Waals surface area contributed by atoms with E-state index in [1.807, 2.05) is 98.8 Å². The molecule has 2 heterocycles. The molecule has 0 aromatic heterocycles. The highest BCUT2D eigenvalue weighted by molar-refractivity contribution is 5.88. The van der Waals surface area contributed by atoms with E-state index in [1.54, 1.807) is 14.2 Å². The third kappa shape index (κ3) is 5.29. The number of benzene rings is 5. The monoisotopic (exact) mass is 709 g/mol. The lowest BCUT2D eigenvalue weighted by Crippen LogP contribution is -2.65. The predicted molar refractivity (Wildman–Crippen MR) is 203 cm³/mol. The quantitative estimate of drug-likeness (QED) is 0.0915. The molecule has 9 rings (SSSR count). The van der Waals surface area contributed by atoms with E-state index >= 15 is 0 Å². The smallest absolute Gasteiger partial charge is 0.318 e. The van der Waals surface area contributed by atoms with Crippen LogP contribution in [0.15, 0.2) is 97.1 Å². The number of ether oxygens (including phenoxy) is 5. The summed E-state index contributed by atoms with van der Waals surface area (Å²) in [5.74, 6) is 1.10.